The monoisotopic (exact) mass is 247 g/mol. The predicted molar refractivity (Wildman–Crippen MR) is 66.5 cm³/mol. The van der Waals surface area contributed by atoms with Crippen LogP contribution in [0.2, 0.25) is 0 Å². The number of hydrogen-bond acceptors (Lipinski definition) is 3. The average Bonchev–Trinajstić information content (AvgIpc) is 3.04. The molecule has 1 saturated heterocycles. The van der Waals surface area contributed by atoms with Crippen molar-refractivity contribution in [2.75, 3.05) is 19.8 Å². The lowest BCUT2D eigenvalue weighted by atomic mass is 9.99. The van der Waals surface area contributed by atoms with Gasteiger partial charge in [-0.25, -0.2) is 0 Å². The Morgan fingerprint density at radius 2 is 2.28 bits per heavy atom. The summed E-state index contributed by atoms with van der Waals surface area (Å²) in [7, 11) is 0. The fourth-order valence-electron chi connectivity index (χ4n) is 2.88. The van der Waals surface area contributed by atoms with Gasteiger partial charge in [-0.2, -0.15) is 0 Å². The lowest BCUT2D eigenvalue weighted by Crippen LogP contribution is -2.41. The molecule has 1 N–H and O–H groups in total. The Morgan fingerprint density at radius 1 is 1.44 bits per heavy atom. The number of ether oxygens (including phenoxy) is 1. The topological polar surface area (TPSA) is 49.8 Å². The van der Waals surface area contributed by atoms with Crippen molar-refractivity contribution >= 4 is 5.91 Å². The first-order valence-corrected chi connectivity index (χ1v) is 6.44. The Hall–Kier alpha value is -1.55. The Kier molecular flexibility index (Phi) is 2.96. The van der Waals surface area contributed by atoms with Crippen LogP contribution < -0.4 is 4.74 Å². The van der Waals surface area contributed by atoms with Gasteiger partial charge in [0.1, 0.15) is 18.3 Å². The largest absolute Gasteiger partial charge is 0.492 e. The standard InChI is InChI=1S/C14H17NO3/c16-8-10-4-3-7-15(10)14(17)12-9-18-13-6-2-1-5-11(12)13/h1-2,5-6,10,12,16H,3-4,7-9H2/t10-,12?/m0/s1. The second kappa shape index (κ2) is 4.61. The van der Waals surface area contributed by atoms with Gasteiger partial charge in [-0.15, -0.1) is 0 Å². The van der Waals surface area contributed by atoms with Gasteiger partial charge in [-0.3, -0.25) is 4.79 Å². The smallest absolute Gasteiger partial charge is 0.234 e. The first-order chi connectivity index (χ1) is 8.81. The van der Waals surface area contributed by atoms with Gasteiger partial charge in [0.05, 0.1) is 12.6 Å². The Bertz CT molecular complexity index is 460. The number of para-hydroxylation sites is 1. The van der Waals surface area contributed by atoms with Crippen molar-refractivity contribution < 1.29 is 14.6 Å². The van der Waals surface area contributed by atoms with Crippen LogP contribution in [0.1, 0.15) is 24.3 Å². The first kappa shape index (κ1) is 11.5. The van der Waals surface area contributed by atoms with Crippen molar-refractivity contribution in [2.45, 2.75) is 24.8 Å². The number of carbonyl (C=O) groups excluding carboxylic acids is 1. The summed E-state index contributed by atoms with van der Waals surface area (Å²) in [5.41, 5.74) is 0.978. The van der Waals surface area contributed by atoms with Crippen LogP contribution in [0.25, 0.3) is 0 Å². The molecule has 2 aliphatic heterocycles. The Labute approximate surface area is 106 Å². The molecular weight excluding hydrogens is 230 g/mol. The number of likely N-dealkylation sites (tertiary alicyclic amines) is 1. The highest BCUT2D eigenvalue weighted by molar-refractivity contribution is 5.86. The van der Waals surface area contributed by atoms with Gasteiger partial charge in [-0.1, -0.05) is 18.2 Å². The van der Waals surface area contributed by atoms with E-state index in [9.17, 15) is 9.90 Å². The van der Waals surface area contributed by atoms with Gasteiger partial charge < -0.3 is 14.7 Å². The summed E-state index contributed by atoms with van der Waals surface area (Å²) in [6.45, 7) is 1.23. The van der Waals surface area contributed by atoms with E-state index in [1.54, 1.807) is 0 Å². The van der Waals surface area contributed by atoms with Crippen molar-refractivity contribution in [3.8, 4) is 5.75 Å². The second-order valence-electron chi connectivity index (χ2n) is 4.91. The minimum absolute atomic E-state index is 0.00902. The van der Waals surface area contributed by atoms with Crippen LogP contribution in [0.5, 0.6) is 5.75 Å². The van der Waals surface area contributed by atoms with E-state index in [1.165, 1.54) is 0 Å². The summed E-state index contributed by atoms with van der Waals surface area (Å²) >= 11 is 0. The molecule has 0 spiro atoms. The zero-order valence-electron chi connectivity index (χ0n) is 10.2. The van der Waals surface area contributed by atoms with Crippen molar-refractivity contribution in [1.82, 2.24) is 4.90 Å². The molecule has 18 heavy (non-hydrogen) atoms. The zero-order valence-corrected chi connectivity index (χ0v) is 10.2. The third-order valence-corrected chi connectivity index (χ3v) is 3.87. The van der Waals surface area contributed by atoms with E-state index in [1.807, 2.05) is 29.2 Å². The molecule has 0 radical (unpaired) electrons. The molecule has 0 bridgehead atoms. The van der Waals surface area contributed by atoms with Gasteiger partial charge in [0.15, 0.2) is 0 Å². The summed E-state index contributed by atoms with van der Waals surface area (Å²) in [6, 6.07) is 7.69. The summed E-state index contributed by atoms with van der Waals surface area (Å²) in [4.78, 5) is 14.3. The van der Waals surface area contributed by atoms with Crippen LogP contribution in [0.3, 0.4) is 0 Å². The lowest BCUT2D eigenvalue weighted by Gasteiger charge is -2.25. The number of fused-ring (bicyclic) bond motifs is 1. The van der Waals surface area contributed by atoms with Crippen LogP contribution in [0.4, 0.5) is 0 Å². The van der Waals surface area contributed by atoms with E-state index < -0.39 is 0 Å². The highest BCUT2D eigenvalue weighted by Gasteiger charge is 2.37. The molecular formula is C14H17NO3. The Balaban J connectivity index is 1.82. The fourth-order valence-corrected chi connectivity index (χ4v) is 2.88. The SMILES string of the molecule is O=C(C1COc2ccccc21)N1CCC[C@H]1CO. The number of hydrogen-bond donors (Lipinski definition) is 1. The Morgan fingerprint density at radius 3 is 3.11 bits per heavy atom. The number of aliphatic hydroxyl groups excluding tert-OH is 1. The molecule has 1 fully saturated rings. The molecule has 1 aromatic rings. The van der Waals surface area contributed by atoms with Crippen molar-refractivity contribution in [1.29, 1.82) is 0 Å². The maximum Gasteiger partial charge on any atom is 0.234 e. The molecule has 1 aromatic carbocycles. The summed E-state index contributed by atoms with van der Waals surface area (Å²) in [5.74, 6) is 0.709. The first-order valence-electron chi connectivity index (χ1n) is 6.44. The quantitative estimate of drug-likeness (QED) is 0.852. The molecule has 0 aromatic heterocycles. The van der Waals surface area contributed by atoms with Crippen molar-refractivity contribution in [3.63, 3.8) is 0 Å². The minimum Gasteiger partial charge on any atom is -0.492 e. The molecule has 2 atom stereocenters. The molecule has 2 aliphatic rings. The van der Waals surface area contributed by atoms with E-state index in [2.05, 4.69) is 0 Å². The highest BCUT2D eigenvalue weighted by atomic mass is 16.5. The van der Waals surface area contributed by atoms with Gasteiger partial charge >= 0.3 is 0 Å². The third kappa shape index (κ3) is 1.77. The van der Waals surface area contributed by atoms with Gasteiger partial charge in [0.25, 0.3) is 0 Å². The molecule has 0 saturated carbocycles. The van der Waals surface area contributed by atoms with Crippen molar-refractivity contribution in [3.05, 3.63) is 29.8 Å². The van der Waals surface area contributed by atoms with Crippen LogP contribution in [0, 0.1) is 0 Å². The van der Waals surface area contributed by atoms with Crippen molar-refractivity contribution in [2.24, 2.45) is 0 Å². The average molecular weight is 247 g/mol. The normalized spacial score (nSPS) is 25.9. The maximum atomic E-state index is 12.5. The molecule has 1 unspecified atom stereocenters. The zero-order chi connectivity index (χ0) is 12.5. The third-order valence-electron chi connectivity index (χ3n) is 3.87. The number of amides is 1. The molecule has 96 valence electrons. The number of rotatable bonds is 2. The summed E-state index contributed by atoms with van der Waals surface area (Å²) < 4.78 is 5.55. The van der Waals surface area contributed by atoms with E-state index in [4.69, 9.17) is 4.74 Å². The molecule has 2 heterocycles. The van der Waals surface area contributed by atoms with E-state index in [-0.39, 0.29) is 24.5 Å². The van der Waals surface area contributed by atoms with Gasteiger partial charge in [0, 0.05) is 12.1 Å². The fraction of sp³-hybridized carbons (Fsp3) is 0.500. The highest BCUT2D eigenvalue weighted by Crippen LogP contribution is 2.35. The number of aliphatic hydroxyl groups is 1. The minimum atomic E-state index is -0.201. The molecule has 1 amide bonds. The lowest BCUT2D eigenvalue weighted by molar-refractivity contribution is -0.134. The van der Waals surface area contributed by atoms with Crippen LogP contribution in [-0.4, -0.2) is 41.7 Å². The number of nitrogens with zero attached hydrogens (tertiary/aromatic N) is 1. The van der Waals surface area contributed by atoms with Gasteiger partial charge in [0.2, 0.25) is 5.91 Å². The molecule has 0 aliphatic carbocycles. The van der Waals surface area contributed by atoms with Crippen LogP contribution >= 0.6 is 0 Å². The van der Waals surface area contributed by atoms with Crippen LogP contribution in [-0.2, 0) is 4.79 Å². The maximum absolute atomic E-state index is 12.5. The molecule has 3 rings (SSSR count). The summed E-state index contributed by atoms with van der Waals surface area (Å²) in [5, 5.41) is 9.30. The number of benzene rings is 1. The van der Waals surface area contributed by atoms with E-state index in [0.29, 0.717) is 6.61 Å². The van der Waals surface area contributed by atoms with E-state index in [0.717, 1.165) is 30.7 Å². The van der Waals surface area contributed by atoms with E-state index >= 15 is 0 Å². The molecule has 4 nitrogen and oxygen atoms in total. The number of carbonyl (C=O) groups is 1. The second-order valence-corrected chi connectivity index (χ2v) is 4.91. The van der Waals surface area contributed by atoms with Gasteiger partial charge in [-0.05, 0) is 18.9 Å². The predicted octanol–water partition coefficient (Wildman–Crippen LogP) is 1.15. The van der Waals surface area contributed by atoms with Crippen LogP contribution in [0.15, 0.2) is 24.3 Å². The molecule has 4 heteroatoms. The summed E-state index contributed by atoms with van der Waals surface area (Å²) in [6.07, 6.45) is 1.88.